The molecule has 5 heteroatoms. The lowest BCUT2D eigenvalue weighted by Gasteiger charge is -2.18. The molecule has 82 valence electrons. The third-order valence-electron chi connectivity index (χ3n) is 2.57. The van der Waals surface area contributed by atoms with Crippen LogP contribution in [0.15, 0.2) is 10.7 Å². The Morgan fingerprint density at radius 1 is 1.53 bits per heavy atom. The summed E-state index contributed by atoms with van der Waals surface area (Å²) in [5, 5.41) is 6.87. The summed E-state index contributed by atoms with van der Waals surface area (Å²) in [4.78, 5) is 13.8. The van der Waals surface area contributed by atoms with E-state index in [9.17, 15) is 4.79 Å². The molecule has 1 saturated heterocycles. The number of aromatic nitrogens is 1. The van der Waals surface area contributed by atoms with Gasteiger partial charge in [-0.25, -0.2) is 0 Å². The zero-order valence-electron chi connectivity index (χ0n) is 8.82. The Hall–Kier alpha value is -1.36. The second kappa shape index (κ2) is 4.44. The summed E-state index contributed by atoms with van der Waals surface area (Å²) in [6.07, 6.45) is 2.56. The van der Waals surface area contributed by atoms with Crippen molar-refractivity contribution < 1.29 is 9.32 Å². The molecule has 1 aromatic rings. The Morgan fingerprint density at radius 2 is 2.40 bits per heavy atom. The fourth-order valence-corrected chi connectivity index (χ4v) is 1.69. The largest absolute Gasteiger partial charge is 0.351 e. The van der Waals surface area contributed by atoms with Crippen LogP contribution in [0.3, 0.4) is 0 Å². The first kappa shape index (κ1) is 10.2. The van der Waals surface area contributed by atoms with Crippen molar-refractivity contribution in [3.8, 4) is 0 Å². The normalized spacial score (nSPS) is 17.5. The molecule has 2 rings (SSSR count). The minimum atomic E-state index is -0.0475. The van der Waals surface area contributed by atoms with E-state index in [0.29, 0.717) is 5.76 Å². The Morgan fingerprint density at radius 3 is 3.13 bits per heavy atom. The molecule has 1 fully saturated rings. The summed E-state index contributed by atoms with van der Waals surface area (Å²) in [5.74, 6) is 0.325. The van der Waals surface area contributed by atoms with E-state index >= 15 is 0 Å². The van der Waals surface area contributed by atoms with Crippen LogP contribution in [0.4, 0.5) is 0 Å². The number of nitrogens with zero attached hydrogens (tertiary/aromatic N) is 2. The lowest BCUT2D eigenvalue weighted by Crippen LogP contribution is -2.34. The average molecular weight is 209 g/mol. The summed E-state index contributed by atoms with van der Waals surface area (Å²) in [6.45, 7) is 5.17. The van der Waals surface area contributed by atoms with Crippen LogP contribution in [0.1, 0.15) is 22.5 Å². The molecule has 0 spiro atoms. The van der Waals surface area contributed by atoms with Crippen molar-refractivity contribution in [1.82, 2.24) is 15.4 Å². The molecule has 1 aromatic heterocycles. The van der Waals surface area contributed by atoms with Crippen molar-refractivity contribution in [2.75, 3.05) is 26.2 Å². The monoisotopic (exact) mass is 209 g/mol. The van der Waals surface area contributed by atoms with Crippen LogP contribution in [-0.2, 0) is 0 Å². The van der Waals surface area contributed by atoms with Gasteiger partial charge in [0.2, 0.25) is 5.76 Å². The van der Waals surface area contributed by atoms with E-state index in [0.717, 1.165) is 38.2 Å². The zero-order chi connectivity index (χ0) is 10.7. The van der Waals surface area contributed by atoms with Gasteiger partial charge in [0.15, 0.2) is 0 Å². The van der Waals surface area contributed by atoms with Crippen molar-refractivity contribution in [3.63, 3.8) is 0 Å². The molecule has 0 saturated carbocycles. The smallest absolute Gasteiger partial charge is 0.292 e. The average Bonchev–Trinajstić information content (AvgIpc) is 2.53. The van der Waals surface area contributed by atoms with Gasteiger partial charge in [-0.15, -0.1) is 0 Å². The van der Waals surface area contributed by atoms with Gasteiger partial charge in [0.05, 0.1) is 6.20 Å². The third kappa shape index (κ3) is 2.18. The van der Waals surface area contributed by atoms with Crippen LogP contribution in [0.25, 0.3) is 0 Å². The lowest BCUT2D eigenvalue weighted by molar-refractivity contribution is 0.0723. The highest BCUT2D eigenvalue weighted by Crippen LogP contribution is 2.10. The molecule has 5 nitrogen and oxygen atoms in total. The molecule has 0 aromatic carbocycles. The van der Waals surface area contributed by atoms with E-state index in [4.69, 9.17) is 4.52 Å². The Balaban J connectivity index is 2.09. The maximum Gasteiger partial charge on any atom is 0.292 e. The van der Waals surface area contributed by atoms with Crippen molar-refractivity contribution in [1.29, 1.82) is 0 Å². The van der Waals surface area contributed by atoms with Crippen LogP contribution in [0.2, 0.25) is 0 Å². The van der Waals surface area contributed by atoms with Gasteiger partial charge in [0, 0.05) is 25.2 Å². The van der Waals surface area contributed by atoms with Gasteiger partial charge >= 0.3 is 0 Å². The molecule has 1 amide bonds. The van der Waals surface area contributed by atoms with E-state index in [1.54, 1.807) is 6.20 Å². The van der Waals surface area contributed by atoms with Gasteiger partial charge in [-0.2, -0.15) is 0 Å². The molecule has 1 aliphatic rings. The fourth-order valence-electron chi connectivity index (χ4n) is 1.69. The number of carbonyl (C=O) groups excluding carboxylic acids is 1. The van der Waals surface area contributed by atoms with E-state index in [2.05, 4.69) is 10.5 Å². The molecule has 0 atom stereocenters. The Bertz CT molecular complexity index is 340. The number of nitrogens with one attached hydrogen (secondary N) is 1. The van der Waals surface area contributed by atoms with Crippen molar-refractivity contribution in [3.05, 3.63) is 17.5 Å². The third-order valence-corrected chi connectivity index (χ3v) is 2.57. The van der Waals surface area contributed by atoms with E-state index < -0.39 is 0 Å². The Labute approximate surface area is 88.4 Å². The molecule has 0 radical (unpaired) electrons. The number of rotatable bonds is 1. The van der Waals surface area contributed by atoms with Crippen LogP contribution in [0.5, 0.6) is 0 Å². The number of aryl methyl sites for hydroxylation is 1. The predicted molar refractivity (Wildman–Crippen MR) is 54.6 cm³/mol. The quantitative estimate of drug-likeness (QED) is 0.728. The van der Waals surface area contributed by atoms with Gasteiger partial charge in [0.25, 0.3) is 5.91 Å². The first-order valence-electron chi connectivity index (χ1n) is 5.20. The van der Waals surface area contributed by atoms with E-state index in [1.165, 1.54) is 0 Å². The first-order valence-corrected chi connectivity index (χ1v) is 5.20. The van der Waals surface area contributed by atoms with Gasteiger partial charge < -0.3 is 14.7 Å². The number of carbonyl (C=O) groups is 1. The van der Waals surface area contributed by atoms with Crippen LogP contribution >= 0.6 is 0 Å². The zero-order valence-corrected chi connectivity index (χ0v) is 8.82. The summed E-state index contributed by atoms with van der Waals surface area (Å²) in [5.41, 5.74) is 0.803. The van der Waals surface area contributed by atoms with Gasteiger partial charge in [-0.3, -0.25) is 4.79 Å². The predicted octanol–water partition coefficient (Wildman–Crippen LogP) is 0.419. The fraction of sp³-hybridized carbons (Fsp3) is 0.600. The molecular formula is C10H15N3O2. The summed E-state index contributed by atoms with van der Waals surface area (Å²) in [7, 11) is 0. The second-order valence-electron chi connectivity index (χ2n) is 3.73. The van der Waals surface area contributed by atoms with E-state index in [-0.39, 0.29) is 5.91 Å². The number of hydrogen-bond donors (Lipinski definition) is 1. The highest BCUT2D eigenvalue weighted by Gasteiger charge is 2.21. The molecule has 0 aliphatic carbocycles. The maximum absolute atomic E-state index is 12.0. The summed E-state index contributed by atoms with van der Waals surface area (Å²) >= 11 is 0. The molecule has 1 aliphatic heterocycles. The molecule has 1 N–H and O–H groups in total. The topological polar surface area (TPSA) is 58.4 Å². The SMILES string of the molecule is Cc1cnoc1C(=O)N1CCCNCC1. The van der Waals surface area contributed by atoms with E-state index in [1.807, 2.05) is 11.8 Å². The maximum atomic E-state index is 12.0. The Kier molecular flexibility index (Phi) is 3.01. The molecule has 0 unspecified atom stereocenters. The minimum absolute atomic E-state index is 0.0475. The van der Waals surface area contributed by atoms with Crippen LogP contribution < -0.4 is 5.32 Å². The first-order chi connectivity index (χ1) is 7.29. The standard InChI is InChI=1S/C10H15N3O2/c1-8-7-12-15-9(8)10(14)13-5-2-3-11-4-6-13/h7,11H,2-6H2,1H3. The van der Waals surface area contributed by atoms with Gasteiger partial charge in [-0.1, -0.05) is 5.16 Å². The van der Waals surface area contributed by atoms with Crippen molar-refractivity contribution in [2.24, 2.45) is 0 Å². The summed E-state index contributed by atoms with van der Waals surface area (Å²) in [6, 6.07) is 0. The molecule has 0 bridgehead atoms. The molecule has 2 heterocycles. The summed E-state index contributed by atoms with van der Waals surface area (Å²) < 4.78 is 4.96. The number of hydrogen-bond acceptors (Lipinski definition) is 4. The van der Waals surface area contributed by atoms with Crippen molar-refractivity contribution in [2.45, 2.75) is 13.3 Å². The van der Waals surface area contributed by atoms with Gasteiger partial charge in [0.1, 0.15) is 0 Å². The second-order valence-corrected chi connectivity index (χ2v) is 3.73. The molecule has 15 heavy (non-hydrogen) atoms. The van der Waals surface area contributed by atoms with Crippen LogP contribution in [-0.4, -0.2) is 42.1 Å². The van der Waals surface area contributed by atoms with Crippen molar-refractivity contribution >= 4 is 5.91 Å². The number of amides is 1. The molecular weight excluding hydrogens is 194 g/mol. The highest BCUT2D eigenvalue weighted by atomic mass is 16.5. The lowest BCUT2D eigenvalue weighted by atomic mass is 10.2. The highest BCUT2D eigenvalue weighted by molar-refractivity contribution is 5.92. The van der Waals surface area contributed by atoms with Crippen LogP contribution in [0, 0.1) is 6.92 Å². The minimum Gasteiger partial charge on any atom is -0.351 e. The van der Waals surface area contributed by atoms with Gasteiger partial charge in [-0.05, 0) is 19.9 Å².